The van der Waals surface area contributed by atoms with Gasteiger partial charge in [0.05, 0.1) is 39.0 Å². The van der Waals surface area contributed by atoms with E-state index >= 15 is 0 Å². The van der Waals surface area contributed by atoms with E-state index < -0.39 is 47.4 Å². The van der Waals surface area contributed by atoms with Crippen LogP contribution in [0.4, 0.5) is 8.78 Å². The number of amides is 5. The fraction of sp³-hybridized carbons (Fsp3) is 0.638. The van der Waals surface area contributed by atoms with E-state index in [1.165, 1.54) is 0 Å². The number of aromatic nitrogens is 2. The molecule has 19 nitrogen and oxygen atoms in total. The summed E-state index contributed by atoms with van der Waals surface area (Å²) in [6.45, 7) is 6.44. The summed E-state index contributed by atoms with van der Waals surface area (Å²) in [5.41, 5.74) is 3.21. The molecule has 370 valence electrons. The highest BCUT2D eigenvalue weighted by molar-refractivity contribution is 6.23. The van der Waals surface area contributed by atoms with Gasteiger partial charge in [0.1, 0.15) is 11.9 Å². The molecule has 5 atom stereocenters. The Balaban J connectivity index is 0.752. The van der Waals surface area contributed by atoms with E-state index in [4.69, 9.17) is 9.47 Å². The number of amidine groups is 1. The molecule has 2 aliphatic carbocycles. The number of carbonyl (C=O) groups excluding carboxylic acids is 5. The van der Waals surface area contributed by atoms with Gasteiger partial charge in [0.15, 0.2) is 0 Å². The number of imide groups is 2. The number of allylic oxidation sites excluding steroid dienone is 1. The quantitative estimate of drug-likeness (QED) is 0.0498. The number of halogens is 2. The highest BCUT2D eigenvalue weighted by atomic mass is 19.3. The van der Waals surface area contributed by atoms with Crippen molar-refractivity contribution in [3.8, 4) is 0 Å². The molecule has 68 heavy (non-hydrogen) atoms. The van der Waals surface area contributed by atoms with Gasteiger partial charge in [0.25, 0.3) is 11.8 Å². The number of hydrazine groups is 1. The van der Waals surface area contributed by atoms with E-state index in [1.807, 2.05) is 22.0 Å². The van der Waals surface area contributed by atoms with Gasteiger partial charge >= 0.3 is 0 Å². The third kappa shape index (κ3) is 10.7. The predicted octanol–water partition coefficient (Wildman–Crippen LogP) is 2.12. The van der Waals surface area contributed by atoms with Crippen molar-refractivity contribution >= 4 is 40.9 Å². The summed E-state index contributed by atoms with van der Waals surface area (Å²) in [7, 11) is 3.34. The van der Waals surface area contributed by atoms with E-state index in [0.717, 1.165) is 47.0 Å². The maximum absolute atomic E-state index is 14.8. The van der Waals surface area contributed by atoms with Crippen LogP contribution in [0.15, 0.2) is 53.0 Å². The van der Waals surface area contributed by atoms with Gasteiger partial charge in [0.2, 0.25) is 24.1 Å². The number of nitrogens with one attached hydrogen (secondary N) is 4. The minimum Gasteiger partial charge on any atom is -0.385 e. The number of aryl methyl sites for hydroxylation is 1. The standard InChI is InChI=1S/C47H65F2N11O8/c1-47-13-4-15-59(39(47)24-33(42(48)49)35(25-47)29-26-52-55(2)27-29)43(50)36-28-58(56(3)66)18-11-37(36)53-30-9-16-57(17-10-30)41(62)12-19-67-21-22-68-20-14-51-31-5-6-32-34(23-31)46(65)60(45(32)64)38-7-8-40(61)54-44(38)63/h5-6,25-27,30-31,33,38-39,42,50-51,53,66H,4,7-24,28H2,1-3H3,(H,54,61,63). The van der Waals surface area contributed by atoms with Crippen LogP contribution in [0.2, 0.25) is 0 Å². The largest absolute Gasteiger partial charge is 0.385 e. The molecule has 5 amide bonds. The number of alkyl halides is 2. The Morgan fingerprint density at radius 1 is 1.06 bits per heavy atom. The van der Waals surface area contributed by atoms with Crippen molar-refractivity contribution in [2.75, 3.05) is 72.7 Å². The summed E-state index contributed by atoms with van der Waals surface area (Å²) in [6, 6.07) is -1.43. The van der Waals surface area contributed by atoms with Crippen LogP contribution in [0.3, 0.4) is 0 Å². The first-order chi connectivity index (χ1) is 32.6. The van der Waals surface area contributed by atoms with Gasteiger partial charge < -0.3 is 29.9 Å². The van der Waals surface area contributed by atoms with Crippen LogP contribution in [0.25, 0.3) is 5.57 Å². The van der Waals surface area contributed by atoms with E-state index in [0.29, 0.717) is 94.5 Å². The number of hydrogen-bond donors (Lipinski definition) is 5. The monoisotopic (exact) mass is 949 g/mol. The number of rotatable bonds is 17. The Morgan fingerprint density at radius 3 is 2.53 bits per heavy atom. The maximum atomic E-state index is 14.8. The number of fused-ring (bicyclic) bond motifs is 1. The fourth-order valence-electron chi connectivity index (χ4n) is 10.9. The third-order valence-corrected chi connectivity index (χ3v) is 14.7. The molecule has 5 aliphatic heterocycles. The molecule has 7 aliphatic rings. The van der Waals surface area contributed by atoms with E-state index in [9.17, 15) is 43.4 Å². The Bertz CT molecular complexity index is 2250. The second-order valence-corrected chi connectivity index (χ2v) is 19.2. The van der Waals surface area contributed by atoms with Crippen molar-refractivity contribution < 1.29 is 47.4 Å². The third-order valence-electron chi connectivity index (χ3n) is 14.7. The van der Waals surface area contributed by atoms with Gasteiger partial charge in [-0.2, -0.15) is 5.10 Å². The molecular formula is C47H65F2N11O8. The lowest BCUT2D eigenvalue weighted by Gasteiger charge is -2.53. The Morgan fingerprint density at radius 2 is 1.82 bits per heavy atom. The van der Waals surface area contributed by atoms with Crippen LogP contribution in [0.1, 0.15) is 76.7 Å². The van der Waals surface area contributed by atoms with Gasteiger partial charge in [-0.25, -0.2) is 13.8 Å². The van der Waals surface area contributed by atoms with Crippen LogP contribution in [0, 0.1) is 16.7 Å². The molecule has 0 radical (unpaired) electrons. The minimum absolute atomic E-state index is 0.0134. The number of nitrogens with zero attached hydrogens (tertiary/aromatic N) is 7. The van der Waals surface area contributed by atoms with Crippen molar-refractivity contribution in [3.05, 3.63) is 58.6 Å². The first kappa shape index (κ1) is 49.2. The van der Waals surface area contributed by atoms with Crippen molar-refractivity contribution in [1.29, 1.82) is 5.41 Å². The number of hydrogen-bond acceptors (Lipinski definition) is 14. The molecule has 3 saturated heterocycles. The SMILES string of the molecule is CN(O)N1CCC(NC2CCN(C(=O)CCOCCOCCNC3C=CC4=C(C3)C(=O)N(C3CCC(=O)NC3=O)C4=O)CC2)=C(C(=N)N2CCCC3(C)C=C(c4cnn(C)c4)C(C(F)F)CC23)C1. The van der Waals surface area contributed by atoms with Gasteiger partial charge in [-0.15, -0.1) is 5.17 Å². The summed E-state index contributed by atoms with van der Waals surface area (Å²) in [4.78, 5) is 68.0. The molecule has 21 heteroatoms. The van der Waals surface area contributed by atoms with Crippen molar-refractivity contribution in [2.45, 2.75) is 102 Å². The molecule has 1 aromatic rings. The highest BCUT2D eigenvalue weighted by Gasteiger charge is 2.49. The van der Waals surface area contributed by atoms with Crippen LogP contribution in [-0.2, 0) is 40.5 Å². The summed E-state index contributed by atoms with van der Waals surface area (Å²) < 4.78 is 42.6. The number of ether oxygens (including phenoxy) is 2. The highest BCUT2D eigenvalue weighted by Crippen LogP contribution is 2.50. The van der Waals surface area contributed by atoms with Gasteiger partial charge in [-0.3, -0.25) is 49.5 Å². The first-order valence-electron chi connectivity index (χ1n) is 23.9. The average molecular weight is 950 g/mol. The molecule has 5 N–H and O–H groups in total. The molecule has 0 aromatic carbocycles. The lowest BCUT2D eigenvalue weighted by molar-refractivity contribution is -0.224. The molecule has 3 fully saturated rings. The van der Waals surface area contributed by atoms with Gasteiger partial charge in [-0.05, 0) is 50.5 Å². The van der Waals surface area contributed by atoms with Crippen molar-refractivity contribution in [2.24, 2.45) is 18.4 Å². The van der Waals surface area contributed by atoms with Crippen LogP contribution >= 0.6 is 0 Å². The van der Waals surface area contributed by atoms with Crippen molar-refractivity contribution in [3.63, 3.8) is 0 Å². The van der Waals surface area contributed by atoms with E-state index in [1.54, 1.807) is 42.3 Å². The zero-order valence-electron chi connectivity index (χ0n) is 39.2. The molecule has 5 unspecified atom stereocenters. The lowest BCUT2D eigenvalue weighted by Crippen LogP contribution is -2.57. The first-order valence-corrected chi connectivity index (χ1v) is 23.9. The smallest absolute Gasteiger partial charge is 0.261 e. The number of hydroxylamine groups is 1. The van der Waals surface area contributed by atoms with Gasteiger partial charge in [0, 0.05) is 130 Å². The molecule has 0 saturated carbocycles. The number of piperidine rings is 3. The normalized spacial score (nSPS) is 27.4. The Hall–Kier alpha value is -5.19. The molecule has 1 aromatic heterocycles. The zero-order valence-corrected chi connectivity index (χ0v) is 39.2. The lowest BCUT2D eigenvalue weighted by atomic mass is 9.64. The average Bonchev–Trinajstić information content (AvgIpc) is 3.86. The van der Waals surface area contributed by atoms with E-state index in [2.05, 4.69) is 28.0 Å². The second-order valence-electron chi connectivity index (χ2n) is 19.2. The summed E-state index contributed by atoms with van der Waals surface area (Å²) in [5.74, 6) is -2.74. The van der Waals surface area contributed by atoms with Gasteiger partial charge in [-0.1, -0.05) is 25.2 Å². The van der Waals surface area contributed by atoms with Crippen LogP contribution in [0.5, 0.6) is 0 Å². The minimum atomic E-state index is -2.57. The maximum Gasteiger partial charge on any atom is 0.261 e. The summed E-state index contributed by atoms with van der Waals surface area (Å²) >= 11 is 0. The van der Waals surface area contributed by atoms with E-state index in [-0.39, 0.29) is 61.9 Å². The molecule has 0 spiro atoms. The number of carbonyl (C=O) groups is 5. The summed E-state index contributed by atoms with van der Waals surface area (Å²) in [5, 5.41) is 36.4. The second kappa shape index (κ2) is 21.2. The summed E-state index contributed by atoms with van der Waals surface area (Å²) in [6.07, 6.45) is 10.9. The molecule has 8 rings (SSSR count). The molecule has 0 bridgehead atoms. The number of likely N-dealkylation sites (tertiary alicyclic amines) is 2. The zero-order chi connectivity index (χ0) is 48.3. The molecule has 6 heterocycles. The Labute approximate surface area is 395 Å². The fourth-order valence-corrected chi connectivity index (χ4v) is 10.9. The Kier molecular flexibility index (Phi) is 15.4. The molecular weight excluding hydrogens is 885 g/mol. The predicted molar refractivity (Wildman–Crippen MR) is 243 cm³/mol. The van der Waals surface area contributed by atoms with Crippen molar-refractivity contribution in [1.82, 2.24) is 50.6 Å². The topological polar surface area (TPSA) is 218 Å². The van der Waals surface area contributed by atoms with Crippen LogP contribution < -0.4 is 16.0 Å². The van der Waals surface area contributed by atoms with Crippen LogP contribution in [-0.4, -0.2) is 179 Å².